The molecule has 138 valence electrons. The Hall–Kier alpha value is -1.86. The SMILES string of the molecule is C=CCN(CC=C)C(=O)CSc1nc2ccc(Br)cc2c(=O)n1CCC. The number of nitrogens with zero attached hydrogens (tertiary/aromatic N) is 3. The van der Waals surface area contributed by atoms with Crippen molar-refractivity contribution in [2.75, 3.05) is 18.8 Å². The molecular weight excluding hydrogens is 414 g/mol. The van der Waals surface area contributed by atoms with Crippen LogP contribution in [-0.4, -0.2) is 39.2 Å². The first-order chi connectivity index (χ1) is 12.5. The summed E-state index contributed by atoms with van der Waals surface area (Å²) in [5.41, 5.74) is 0.552. The van der Waals surface area contributed by atoms with Crippen LogP contribution in [0.15, 0.2) is 57.9 Å². The minimum absolute atomic E-state index is 0.0389. The summed E-state index contributed by atoms with van der Waals surface area (Å²) in [6.07, 6.45) is 4.18. The van der Waals surface area contributed by atoms with Crippen molar-refractivity contribution in [3.05, 3.63) is 58.3 Å². The van der Waals surface area contributed by atoms with Gasteiger partial charge in [-0.05, 0) is 24.6 Å². The lowest BCUT2D eigenvalue weighted by Gasteiger charge is -2.19. The second-order valence-electron chi connectivity index (χ2n) is 5.68. The van der Waals surface area contributed by atoms with E-state index in [2.05, 4.69) is 34.1 Å². The van der Waals surface area contributed by atoms with Crippen LogP contribution in [-0.2, 0) is 11.3 Å². The quantitative estimate of drug-likeness (QED) is 0.340. The summed E-state index contributed by atoms with van der Waals surface area (Å²) in [5, 5.41) is 1.14. The molecule has 0 N–H and O–H groups in total. The number of fused-ring (bicyclic) bond motifs is 1. The van der Waals surface area contributed by atoms with Crippen LogP contribution < -0.4 is 5.56 Å². The highest BCUT2D eigenvalue weighted by Crippen LogP contribution is 2.21. The number of rotatable bonds is 9. The lowest BCUT2D eigenvalue weighted by molar-refractivity contribution is -0.127. The minimum Gasteiger partial charge on any atom is -0.335 e. The molecule has 1 aromatic heterocycles. The van der Waals surface area contributed by atoms with Crippen molar-refractivity contribution >= 4 is 44.5 Å². The number of aromatic nitrogens is 2. The molecule has 0 atom stereocenters. The number of amides is 1. The third-order valence-electron chi connectivity index (χ3n) is 3.70. The van der Waals surface area contributed by atoms with E-state index in [4.69, 9.17) is 0 Å². The van der Waals surface area contributed by atoms with Gasteiger partial charge in [0.25, 0.3) is 5.56 Å². The maximum atomic E-state index is 12.8. The normalized spacial score (nSPS) is 10.7. The number of thioether (sulfide) groups is 1. The fraction of sp³-hybridized carbons (Fsp3) is 0.316. The van der Waals surface area contributed by atoms with E-state index in [1.807, 2.05) is 19.1 Å². The van der Waals surface area contributed by atoms with E-state index in [-0.39, 0.29) is 17.2 Å². The van der Waals surface area contributed by atoms with Gasteiger partial charge in [0.2, 0.25) is 5.91 Å². The number of carbonyl (C=O) groups excluding carboxylic acids is 1. The molecule has 1 heterocycles. The zero-order valence-corrected chi connectivity index (χ0v) is 17.2. The van der Waals surface area contributed by atoms with Gasteiger partial charge in [0.1, 0.15) is 0 Å². The zero-order chi connectivity index (χ0) is 19.1. The molecule has 0 saturated carbocycles. The molecular formula is C19H22BrN3O2S. The van der Waals surface area contributed by atoms with Crippen molar-refractivity contribution in [1.82, 2.24) is 14.5 Å². The third-order valence-corrected chi connectivity index (χ3v) is 5.16. The maximum Gasteiger partial charge on any atom is 0.262 e. The number of benzene rings is 1. The largest absolute Gasteiger partial charge is 0.335 e. The highest BCUT2D eigenvalue weighted by molar-refractivity contribution is 9.10. The smallest absolute Gasteiger partial charge is 0.262 e. The molecule has 0 spiro atoms. The van der Waals surface area contributed by atoms with Gasteiger partial charge in [0.05, 0.1) is 16.7 Å². The summed E-state index contributed by atoms with van der Waals surface area (Å²) in [4.78, 5) is 31.6. The van der Waals surface area contributed by atoms with Crippen molar-refractivity contribution in [3.8, 4) is 0 Å². The Morgan fingerprint density at radius 2 is 2.04 bits per heavy atom. The Morgan fingerprint density at radius 1 is 1.35 bits per heavy atom. The molecule has 0 aliphatic heterocycles. The summed E-state index contributed by atoms with van der Waals surface area (Å²) < 4.78 is 2.49. The van der Waals surface area contributed by atoms with Crippen LogP contribution in [0, 0.1) is 0 Å². The third kappa shape index (κ3) is 4.86. The van der Waals surface area contributed by atoms with Gasteiger partial charge in [0, 0.05) is 24.1 Å². The van der Waals surface area contributed by atoms with Crippen LogP contribution in [0.2, 0.25) is 0 Å². The van der Waals surface area contributed by atoms with Gasteiger partial charge >= 0.3 is 0 Å². The first-order valence-electron chi connectivity index (χ1n) is 8.34. The standard InChI is InChI=1S/C19H22BrN3O2S/c1-4-9-22(10-5-2)17(24)13-26-19-21-16-8-7-14(20)12-15(16)18(25)23(19)11-6-3/h4-5,7-8,12H,1-2,6,9-11,13H2,3H3. The minimum atomic E-state index is -0.0814. The fourth-order valence-corrected chi connectivity index (χ4v) is 3.80. The van der Waals surface area contributed by atoms with Crippen LogP contribution in [0.5, 0.6) is 0 Å². The fourth-order valence-electron chi connectivity index (χ4n) is 2.51. The molecule has 5 nitrogen and oxygen atoms in total. The highest BCUT2D eigenvalue weighted by Gasteiger charge is 2.16. The predicted molar refractivity (Wildman–Crippen MR) is 112 cm³/mol. The molecule has 0 unspecified atom stereocenters. The van der Waals surface area contributed by atoms with Gasteiger partial charge in [-0.3, -0.25) is 14.2 Å². The number of halogens is 1. The zero-order valence-electron chi connectivity index (χ0n) is 14.8. The van der Waals surface area contributed by atoms with E-state index in [1.54, 1.807) is 27.7 Å². The molecule has 0 radical (unpaired) electrons. The number of hydrogen-bond donors (Lipinski definition) is 0. The van der Waals surface area contributed by atoms with Crippen molar-refractivity contribution in [2.45, 2.75) is 25.0 Å². The molecule has 0 aliphatic carbocycles. The Morgan fingerprint density at radius 3 is 2.65 bits per heavy atom. The van der Waals surface area contributed by atoms with E-state index in [0.717, 1.165) is 10.9 Å². The Bertz CT molecular complexity index is 869. The predicted octanol–water partition coefficient (Wildman–Crippen LogP) is 3.86. The second-order valence-corrected chi connectivity index (χ2v) is 7.54. The summed E-state index contributed by atoms with van der Waals surface area (Å²) in [7, 11) is 0. The van der Waals surface area contributed by atoms with Gasteiger partial charge in [-0.25, -0.2) is 4.98 Å². The number of carbonyl (C=O) groups is 1. The van der Waals surface area contributed by atoms with E-state index in [1.165, 1.54) is 11.8 Å². The van der Waals surface area contributed by atoms with Crippen LogP contribution in [0.3, 0.4) is 0 Å². The molecule has 26 heavy (non-hydrogen) atoms. The molecule has 0 fully saturated rings. The van der Waals surface area contributed by atoms with Crippen molar-refractivity contribution in [1.29, 1.82) is 0 Å². The first-order valence-corrected chi connectivity index (χ1v) is 10.1. The van der Waals surface area contributed by atoms with Crippen molar-refractivity contribution < 1.29 is 4.79 Å². The lowest BCUT2D eigenvalue weighted by Crippen LogP contribution is -2.33. The summed E-state index contributed by atoms with van der Waals surface area (Å²) in [6, 6.07) is 5.45. The average molecular weight is 436 g/mol. The van der Waals surface area contributed by atoms with Gasteiger partial charge in [-0.2, -0.15) is 0 Å². The van der Waals surface area contributed by atoms with E-state index >= 15 is 0 Å². The van der Waals surface area contributed by atoms with Gasteiger partial charge in [0.15, 0.2) is 5.16 Å². The summed E-state index contributed by atoms with van der Waals surface area (Å²) >= 11 is 4.69. The first kappa shape index (κ1) is 20.5. The van der Waals surface area contributed by atoms with Crippen LogP contribution >= 0.6 is 27.7 Å². The molecule has 2 aromatic rings. The Labute approximate surface area is 165 Å². The van der Waals surface area contributed by atoms with Crippen LogP contribution in [0.25, 0.3) is 10.9 Å². The second kappa shape index (κ2) is 9.73. The molecule has 0 aliphatic rings. The summed E-state index contributed by atoms with van der Waals surface area (Å²) in [5.74, 6) is 0.169. The lowest BCUT2D eigenvalue weighted by atomic mass is 10.2. The molecule has 1 aromatic carbocycles. The molecule has 0 saturated heterocycles. The van der Waals surface area contributed by atoms with Crippen LogP contribution in [0.4, 0.5) is 0 Å². The van der Waals surface area contributed by atoms with Gasteiger partial charge in [-0.15, -0.1) is 13.2 Å². The van der Waals surface area contributed by atoms with Crippen LogP contribution in [0.1, 0.15) is 13.3 Å². The van der Waals surface area contributed by atoms with Gasteiger partial charge < -0.3 is 4.90 Å². The maximum absolute atomic E-state index is 12.8. The van der Waals surface area contributed by atoms with Crippen molar-refractivity contribution in [3.63, 3.8) is 0 Å². The topological polar surface area (TPSA) is 55.2 Å². The van der Waals surface area contributed by atoms with E-state index < -0.39 is 0 Å². The number of hydrogen-bond acceptors (Lipinski definition) is 4. The Balaban J connectivity index is 2.33. The molecule has 1 amide bonds. The van der Waals surface area contributed by atoms with E-state index in [0.29, 0.717) is 35.7 Å². The molecule has 7 heteroatoms. The molecule has 0 bridgehead atoms. The Kier molecular flexibility index (Phi) is 7.66. The summed E-state index contributed by atoms with van der Waals surface area (Å²) in [6.45, 7) is 10.9. The van der Waals surface area contributed by atoms with Gasteiger partial charge in [-0.1, -0.05) is 46.8 Å². The van der Waals surface area contributed by atoms with E-state index in [9.17, 15) is 9.59 Å². The molecule has 2 rings (SSSR count). The average Bonchev–Trinajstić information content (AvgIpc) is 2.63. The van der Waals surface area contributed by atoms with Crippen molar-refractivity contribution in [2.24, 2.45) is 0 Å². The highest BCUT2D eigenvalue weighted by atomic mass is 79.9. The monoisotopic (exact) mass is 435 g/mol.